The van der Waals surface area contributed by atoms with Gasteiger partial charge in [-0.2, -0.15) is 0 Å². The van der Waals surface area contributed by atoms with Gasteiger partial charge < -0.3 is 9.73 Å². The predicted molar refractivity (Wildman–Crippen MR) is 76.8 cm³/mol. The fourth-order valence-electron chi connectivity index (χ4n) is 1.76. The van der Waals surface area contributed by atoms with Crippen LogP contribution in [-0.4, -0.2) is 22.0 Å². The third-order valence-electron chi connectivity index (χ3n) is 2.94. The van der Waals surface area contributed by atoms with E-state index in [0.29, 0.717) is 0 Å². The smallest absolute Gasteiger partial charge is 0.240 e. The van der Waals surface area contributed by atoms with Crippen LogP contribution in [0.25, 0.3) is 0 Å². The first-order valence-corrected chi connectivity index (χ1v) is 7.84. The van der Waals surface area contributed by atoms with Crippen molar-refractivity contribution in [3.8, 4) is 0 Å². The summed E-state index contributed by atoms with van der Waals surface area (Å²) < 4.78 is 31.6. The molecule has 0 radical (unpaired) electrons. The fourth-order valence-corrected chi connectivity index (χ4v) is 2.78. The van der Waals surface area contributed by atoms with Crippen molar-refractivity contribution in [3.05, 3.63) is 54.0 Å². The minimum absolute atomic E-state index is 0.223. The van der Waals surface area contributed by atoms with Crippen LogP contribution in [0.2, 0.25) is 0 Å². The number of benzene rings is 1. The summed E-state index contributed by atoms with van der Waals surface area (Å²) in [5.41, 5.74) is 1.90. The highest BCUT2D eigenvalue weighted by Gasteiger charge is 2.13. The minimum atomic E-state index is -3.48. The molecule has 0 amide bonds. The Hall–Kier alpha value is -1.63. The van der Waals surface area contributed by atoms with Crippen LogP contribution < -0.4 is 10.0 Å². The monoisotopic (exact) mass is 294 g/mol. The van der Waals surface area contributed by atoms with Crippen LogP contribution in [0.5, 0.6) is 0 Å². The second-order valence-electron chi connectivity index (χ2n) is 4.45. The molecule has 0 bridgehead atoms. The topological polar surface area (TPSA) is 71.3 Å². The average Bonchev–Trinajstić information content (AvgIpc) is 2.97. The Labute approximate surface area is 119 Å². The summed E-state index contributed by atoms with van der Waals surface area (Å²) in [4.78, 5) is 0.272. The number of rotatable bonds is 7. The zero-order valence-electron chi connectivity index (χ0n) is 11.3. The van der Waals surface area contributed by atoms with Crippen molar-refractivity contribution >= 4 is 10.0 Å². The number of furan rings is 1. The van der Waals surface area contributed by atoms with Crippen molar-refractivity contribution in [2.24, 2.45) is 0 Å². The van der Waals surface area contributed by atoms with E-state index in [1.165, 1.54) is 12.5 Å². The zero-order valence-corrected chi connectivity index (χ0v) is 12.1. The molecule has 5 nitrogen and oxygen atoms in total. The Morgan fingerprint density at radius 1 is 1.10 bits per heavy atom. The van der Waals surface area contributed by atoms with Gasteiger partial charge in [0.05, 0.1) is 17.4 Å². The summed E-state index contributed by atoms with van der Waals surface area (Å²) in [6.45, 7) is 1.09. The van der Waals surface area contributed by atoms with Crippen LogP contribution in [0.15, 0.2) is 52.2 Å². The van der Waals surface area contributed by atoms with Gasteiger partial charge >= 0.3 is 0 Å². The van der Waals surface area contributed by atoms with Gasteiger partial charge in [-0.15, -0.1) is 0 Å². The van der Waals surface area contributed by atoms with Crippen molar-refractivity contribution in [3.63, 3.8) is 0 Å². The SMILES string of the molecule is CNCCc1ccc(S(=O)(=O)NCc2ccoc2)cc1. The molecule has 0 fully saturated rings. The van der Waals surface area contributed by atoms with E-state index in [2.05, 4.69) is 10.0 Å². The van der Waals surface area contributed by atoms with Gasteiger partial charge in [0.25, 0.3) is 0 Å². The molecule has 0 aliphatic carbocycles. The molecule has 20 heavy (non-hydrogen) atoms. The van der Waals surface area contributed by atoms with Crippen LogP contribution in [0.1, 0.15) is 11.1 Å². The third-order valence-corrected chi connectivity index (χ3v) is 4.36. The lowest BCUT2D eigenvalue weighted by molar-refractivity contribution is 0.561. The molecule has 0 saturated carbocycles. The van der Waals surface area contributed by atoms with Crippen LogP contribution >= 0.6 is 0 Å². The Balaban J connectivity index is 2.01. The van der Waals surface area contributed by atoms with E-state index < -0.39 is 10.0 Å². The van der Waals surface area contributed by atoms with Gasteiger partial charge in [0, 0.05) is 12.1 Å². The molecule has 1 heterocycles. The molecule has 1 aromatic carbocycles. The molecule has 0 aliphatic rings. The van der Waals surface area contributed by atoms with E-state index in [1.54, 1.807) is 18.2 Å². The lowest BCUT2D eigenvalue weighted by Crippen LogP contribution is -2.23. The maximum absolute atomic E-state index is 12.1. The molecule has 108 valence electrons. The van der Waals surface area contributed by atoms with Crippen molar-refractivity contribution < 1.29 is 12.8 Å². The van der Waals surface area contributed by atoms with Gasteiger partial charge in [0.2, 0.25) is 10.0 Å². The van der Waals surface area contributed by atoms with Crippen LogP contribution in [0.4, 0.5) is 0 Å². The summed E-state index contributed by atoms with van der Waals surface area (Å²) in [6, 6.07) is 8.66. The van der Waals surface area contributed by atoms with Gasteiger partial charge in [0.15, 0.2) is 0 Å². The van der Waals surface area contributed by atoms with Gasteiger partial charge in [0.1, 0.15) is 0 Å². The summed E-state index contributed by atoms with van der Waals surface area (Å²) in [5, 5.41) is 3.06. The lowest BCUT2D eigenvalue weighted by atomic mass is 10.1. The molecule has 0 saturated heterocycles. The van der Waals surface area contributed by atoms with Gasteiger partial charge in [-0.05, 0) is 43.8 Å². The quantitative estimate of drug-likeness (QED) is 0.812. The second-order valence-corrected chi connectivity index (χ2v) is 6.22. The van der Waals surface area contributed by atoms with Crippen LogP contribution in [0, 0.1) is 0 Å². The van der Waals surface area contributed by atoms with E-state index >= 15 is 0 Å². The summed E-state index contributed by atoms with van der Waals surface area (Å²) in [7, 11) is -1.59. The van der Waals surface area contributed by atoms with Crippen LogP contribution in [0.3, 0.4) is 0 Å². The van der Waals surface area contributed by atoms with Crippen molar-refractivity contribution in [2.45, 2.75) is 17.9 Å². The molecule has 0 atom stereocenters. The van der Waals surface area contributed by atoms with Crippen LogP contribution in [-0.2, 0) is 23.0 Å². The standard InChI is InChI=1S/C14H18N2O3S/c1-15-8-6-12-2-4-14(5-3-12)20(17,18)16-10-13-7-9-19-11-13/h2-5,7,9,11,15-16H,6,8,10H2,1H3. The number of likely N-dealkylation sites (N-methyl/N-ethyl adjacent to an activating group) is 1. The van der Waals surface area contributed by atoms with E-state index in [1.807, 2.05) is 19.2 Å². The summed E-state index contributed by atoms with van der Waals surface area (Å²) >= 11 is 0. The third kappa shape index (κ3) is 3.93. The largest absolute Gasteiger partial charge is 0.472 e. The van der Waals surface area contributed by atoms with Gasteiger partial charge in [-0.3, -0.25) is 0 Å². The molecule has 2 N–H and O–H groups in total. The minimum Gasteiger partial charge on any atom is -0.472 e. The Kier molecular flexibility index (Phi) is 4.94. The highest BCUT2D eigenvalue weighted by atomic mass is 32.2. The van der Waals surface area contributed by atoms with Crippen molar-refractivity contribution in [1.82, 2.24) is 10.0 Å². The molecule has 2 rings (SSSR count). The second kappa shape index (κ2) is 6.69. The molecule has 0 aliphatic heterocycles. The zero-order chi connectivity index (χ0) is 14.4. The van der Waals surface area contributed by atoms with E-state index in [-0.39, 0.29) is 11.4 Å². The number of hydrogen-bond donors (Lipinski definition) is 2. The first-order valence-electron chi connectivity index (χ1n) is 6.36. The molecule has 1 aromatic heterocycles. The Morgan fingerprint density at radius 2 is 1.85 bits per heavy atom. The normalized spacial score (nSPS) is 11.7. The van der Waals surface area contributed by atoms with Gasteiger partial charge in [-0.1, -0.05) is 12.1 Å². The highest BCUT2D eigenvalue weighted by molar-refractivity contribution is 7.89. The Bertz CT molecular complexity index is 619. The van der Waals surface area contributed by atoms with E-state index in [9.17, 15) is 8.42 Å². The van der Waals surface area contributed by atoms with Crippen molar-refractivity contribution in [1.29, 1.82) is 0 Å². The first-order chi connectivity index (χ1) is 9.62. The first kappa shape index (κ1) is 14.8. The number of nitrogens with one attached hydrogen (secondary N) is 2. The summed E-state index contributed by atoms with van der Waals surface area (Å²) in [6.07, 6.45) is 3.91. The van der Waals surface area contributed by atoms with Crippen molar-refractivity contribution in [2.75, 3.05) is 13.6 Å². The lowest BCUT2D eigenvalue weighted by Gasteiger charge is -2.07. The fraction of sp³-hybridized carbons (Fsp3) is 0.286. The maximum Gasteiger partial charge on any atom is 0.240 e. The molecule has 2 aromatic rings. The average molecular weight is 294 g/mol. The Morgan fingerprint density at radius 3 is 2.45 bits per heavy atom. The molecule has 6 heteroatoms. The molecule has 0 spiro atoms. The van der Waals surface area contributed by atoms with Gasteiger partial charge in [-0.25, -0.2) is 13.1 Å². The predicted octanol–water partition coefficient (Wildman–Crippen LogP) is 1.52. The van der Waals surface area contributed by atoms with E-state index in [0.717, 1.165) is 24.1 Å². The maximum atomic E-state index is 12.1. The highest BCUT2D eigenvalue weighted by Crippen LogP contribution is 2.11. The van der Waals surface area contributed by atoms with E-state index in [4.69, 9.17) is 4.42 Å². The molecular weight excluding hydrogens is 276 g/mol. The number of sulfonamides is 1. The molecular formula is C14H18N2O3S. The summed E-state index contributed by atoms with van der Waals surface area (Å²) in [5.74, 6) is 0. The molecule has 0 unspecified atom stereocenters. The number of hydrogen-bond acceptors (Lipinski definition) is 4.